The van der Waals surface area contributed by atoms with Crippen molar-refractivity contribution in [1.29, 1.82) is 0 Å². The molecular weight excluding hydrogens is 260 g/mol. The van der Waals surface area contributed by atoms with Crippen molar-refractivity contribution in [3.8, 4) is 0 Å². The van der Waals surface area contributed by atoms with E-state index in [1.165, 1.54) is 0 Å². The molecule has 0 radical (unpaired) electrons. The molecular formula is C14H22N2O2S. The van der Waals surface area contributed by atoms with Crippen molar-refractivity contribution in [2.75, 3.05) is 25.1 Å². The molecule has 0 aliphatic heterocycles. The lowest BCUT2D eigenvalue weighted by molar-refractivity contribution is -0.120. The van der Waals surface area contributed by atoms with E-state index in [1.54, 1.807) is 18.7 Å². The number of nitrogens with one attached hydrogen (secondary N) is 2. The summed E-state index contributed by atoms with van der Waals surface area (Å²) in [5, 5.41) is 15.7. The molecule has 106 valence electrons. The lowest BCUT2D eigenvalue weighted by Gasteiger charge is -2.22. The van der Waals surface area contributed by atoms with Gasteiger partial charge in [0.2, 0.25) is 5.91 Å². The summed E-state index contributed by atoms with van der Waals surface area (Å²) in [4.78, 5) is 11.6. The van der Waals surface area contributed by atoms with Gasteiger partial charge in [-0.15, -0.1) is 0 Å². The van der Waals surface area contributed by atoms with Crippen LogP contribution in [0.4, 0.5) is 0 Å². The van der Waals surface area contributed by atoms with Gasteiger partial charge in [-0.25, -0.2) is 0 Å². The Morgan fingerprint density at radius 3 is 2.68 bits per heavy atom. The van der Waals surface area contributed by atoms with Crippen molar-refractivity contribution in [3.05, 3.63) is 35.9 Å². The van der Waals surface area contributed by atoms with Crippen LogP contribution in [0.5, 0.6) is 0 Å². The largest absolute Gasteiger partial charge is 0.388 e. The van der Waals surface area contributed by atoms with Gasteiger partial charge in [-0.1, -0.05) is 30.3 Å². The molecule has 1 unspecified atom stereocenters. The van der Waals surface area contributed by atoms with Crippen molar-refractivity contribution in [1.82, 2.24) is 10.6 Å². The molecule has 0 spiro atoms. The van der Waals surface area contributed by atoms with Gasteiger partial charge in [0.25, 0.3) is 0 Å². The molecule has 0 saturated carbocycles. The van der Waals surface area contributed by atoms with Gasteiger partial charge in [0.05, 0.1) is 12.1 Å². The fourth-order valence-corrected chi connectivity index (χ4v) is 2.39. The number of thioether (sulfide) groups is 1. The van der Waals surface area contributed by atoms with Crippen LogP contribution in [0, 0.1) is 0 Å². The number of amides is 1. The van der Waals surface area contributed by atoms with E-state index in [1.807, 2.05) is 36.6 Å². The van der Waals surface area contributed by atoms with Gasteiger partial charge in [0, 0.05) is 18.8 Å². The van der Waals surface area contributed by atoms with E-state index in [0.717, 1.165) is 5.56 Å². The second-order valence-corrected chi connectivity index (χ2v) is 5.66. The minimum absolute atomic E-state index is 0.0659. The van der Waals surface area contributed by atoms with Gasteiger partial charge in [-0.2, -0.15) is 11.8 Å². The third-order valence-corrected chi connectivity index (χ3v) is 3.49. The molecule has 3 N–H and O–H groups in total. The smallest absolute Gasteiger partial charge is 0.234 e. The van der Waals surface area contributed by atoms with Gasteiger partial charge >= 0.3 is 0 Å². The maximum atomic E-state index is 11.6. The van der Waals surface area contributed by atoms with E-state index in [-0.39, 0.29) is 12.5 Å². The Labute approximate surface area is 119 Å². The Morgan fingerprint density at radius 2 is 2.05 bits per heavy atom. The number of hydrogen-bond acceptors (Lipinski definition) is 4. The summed E-state index contributed by atoms with van der Waals surface area (Å²) >= 11 is 1.58. The van der Waals surface area contributed by atoms with E-state index in [0.29, 0.717) is 18.8 Å². The Hall–Kier alpha value is -1.04. The number of rotatable bonds is 8. The van der Waals surface area contributed by atoms with Gasteiger partial charge in [0.1, 0.15) is 0 Å². The van der Waals surface area contributed by atoms with E-state index < -0.39 is 5.60 Å². The Bertz CT molecular complexity index is 382. The highest BCUT2D eigenvalue weighted by Gasteiger charge is 2.19. The maximum absolute atomic E-state index is 11.6. The molecule has 0 fully saturated rings. The highest BCUT2D eigenvalue weighted by Crippen LogP contribution is 2.08. The number of carbonyl (C=O) groups excluding carboxylic acids is 1. The lowest BCUT2D eigenvalue weighted by Crippen LogP contribution is -2.43. The van der Waals surface area contributed by atoms with Crippen LogP contribution in [0.2, 0.25) is 0 Å². The molecule has 0 bridgehead atoms. The van der Waals surface area contributed by atoms with E-state index in [2.05, 4.69) is 10.6 Å². The summed E-state index contributed by atoms with van der Waals surface area (Å²) < 4.78 is 0. The van der Waals surface area contributed by atoms with Crippen LogP contribution in [0.15, 0.2) is 30.3 Å². The first-order valence-corrected chi connectivity index (χ1v) is 7.65. The Morgan fingerprint density at radius 1 is 1.37 bits per heavy atom. The molecule has 1 atom stereocenters. The highest BCUT2D eigenvalue weighted by molar-refractivity contribution is 7.98. The zero-order valence-electron chi connectivity index (χ0n) is 11.5. The van der Waals surface area contributed by atoms with Crippen LogP contribution in [0.1, 0.15) is 12.5 Å². The third kappa shape index (κ3) is 7.20. The topological polar surface area (TPSA) is 61.4 Å². The van der Waals surface area contributed by atoms with E-state index >= 15 is 0 Å². The molecule has 1 amide bonds. The number of benzene rings is 1. The van der Waals surface area contributed by atoms with Crippen LogP contribution in [0.25, 0.3) is 0 Å². The lowest BCUT2D eigenvalue weighted by atomic mass is 10.1. The maximum Gasteiger partial charge on any atom is 0.234 e. The summed E-state index contributed by atoms with van der Waals surface area (Å²) in [6, 6.07) is 9.77. The summed E-state index contributed by atoms with van der Waals surface area (Å²) in [6.07, 6.45) is 1.95. The minimum Gasteiger partial charge on any atom is -0.388 e. The average molecular weight is 282 g/mol. The van der Waals surface area contributed by atoms with Crippen LogP contribution in [-0.4, -0.2) is 41.7 Å². The first-order valence-electron chi connectivity index (χ1n) is 6.26. The number of aliphatic hydroxyl groups is 1. The van der Waals surface area contributed by atoms with Crippen molar-refractivity contribution >= 4 is 17.7 Å². The van der Waals surface area contributed by atoms with Crippen LogP contribution in [0.3, 0.4) is 0 Å². The molecule has 5 heteroatoms. The van der Waals surface area contributed by atoms with Crippen LogP contribution < -0.4 is 10.6 Å². The molecule has 0 aliphatic carbocycles. The second-order valence-electron chi connectivity index (χ2n) is 4.80. The van der Waals surface area contributed by atoms with Gasteiger partial charge < -0.3 is 15.7 Å². The van der Waals surface area contributed by atoms with Crippen molar-refractivity contribution in [2.45, 2.75) is 19.1 Å². The average Bonchev–Trinajstić information content (AvgIpc) is 2.37. The van der Waals surface area contributed by atoms with E-state index in [4.69, 9.17) is 0 Å². The van der Waals surface area contributed by atoms with Crippen molar-refractivity contribution in [3.63, 3.8) is 0 Å². The standard InChI is InChI=1S/C14H22N2O2S/c1-14(18,11-19-2)10-15-9-13(17)16-8-12-6-4-3-5-7-12/h3-7,15,18H,8-11H2,1-2H3,(H,16,17). The minimum atomic E-state index is -0.779. The molecule has 4 nitrogen and oxygen atoms in total. The van der Waals surface area contributed by atoms with Crippen molar-refractivity contribution < 1.29 is 9.90 Å². The van der Waals surface area contributed by atoms with Crippen LogP contribution >= 0.6 is 11.8 Å². The highest BCUT2D eigenvalue weighted by atomic mass is 32.2. The first-order chi connectivity index (χ1) is 9.03. The van der Waals surface area contributed by atoms with Crippen LogP contribution in [-0.2, 0) is 11.3 Å². The molecule has 0 aromatic heterocycles. The normalized spacial score (nSPS) is 13.8. The molecule has 1 rings (SSSR count). The van der Waals surface area contributed by atoms with Gasteiger partial charge in [0.15, 0.2) is 0 Å². The molecule has 0 heterocycles. The molecule has 0 aliphatic rings. The quantitative estimate of drug-likeness (QED) is 0.666. The van der Waals surface area contributed by atoms with E-state index in [9.17, 15) is 9.90 Å². The predicted octanol–water partition coefficient (Wildman–Crippen LogP) is 1.01. The summed E-state index contributed by atoms with van der Waals surface area (Å²) in [5.74, 6) is 0.579. The zero-order chi connectivity index (χ0) is 14.1. The number of hydrogen-bond donors (Lipinski definition) is 3. The number of carbonyl (C=O) groups is 1. The summed E-state index contributed by atoms with van der Waals surface area (Å²) in [5.41, 5.74) is 0.296. The van der Waals surface area contributed by atoms with Crippen molar-refractivity contribution in [2.24, 2.45) is 0 Å². The Balaban J connectivity index is 2.18. The monoisotopic (exact) mass is 282 g/mol. The third-order valence-electron chi connectivity index (χ3n) is 2.58. The molecule has 19 heavy (non-hydrogen) atoms. The zero-order valence-corrected chi connectivity index (χ0v) is 12.3. The predicted molar refractivity (Wildman–Crippen MR) is 80.2 cm³/mol. The molecule has 1 aromatic rings. The summed E-state index contributed by atoms with van der Waals surface area (Å²) in [6.45, 7) is 2.92. The Kier molecular flexibility index (Phi) is 6.91. The fraction of sp³-hybridized carbons (Fsp3) is 0.500. The fourth-order valence-electron chi connectivity index (χ4n) is 1.67. The SMILES string of the molecule is CSCC(C)(O)CNCC(=O)NCc1ccccc1. The second kappa shape index (κ2) is 8.19. The molecule has 0 saturated heterocycles. The molecule has 1 aromatic carbocycles. The van der Waals surface area contributed by atoms with Gasteiger partial charge in [-0.3, -0.25) is 4.79 Å². The first kappa shape index (κ1) is 16.0. The van der Waals surface area contributed by atoms with Gasteiger partial charge in [-0.05, 0) is 18.7 Å². The summed E-state index contributed by atoms with van der Waals surface area (Å²) in [7, 11) is 0.